The van der Waals surface area contributed by atoms with Gasteiger partial charge in [-0.3, -0.25) is 0 Å². The lowest BCUT2D eigenvalue weighted by Gasteiger charge is -2.09. The summed E-state index contributed by atoms with van der Waals surface area (Å²) in [6, 6.07) is 12.5. The van der Waals surface area contributed by atoms with Crippen LogP contribution < -0.4 is 5.32 Å². The van der Waals surface area contributed by atoms with Gasteiger partial charge in [-0.15, -0.1) is 0 Å². The van der Waals surface area contributed by atoms with E-state index >= 15 is 0 Å². The van der Waals surface area contributed by atoms with Gasteiger partial charge in [0.15, 0.2) is 5.76 Å². The summed E-state index contributed by atoms with van der Waals surface area (Å²) in [4.78, 5) is 0. The van der Waals surface area contributed by atoms with Crippen molar-refractivity contribution in [2.24, 2.45) is 0 Å². The van der Waals surface area contributed by atoms with Gasteiger partial charge in [-0.05, 0) is 29.0 Å². The monoisotopic (exact) mass is 255 g/mol. The van der Waals surface area contributed by atoms with Gasteiger partial charge in [0, 0.05) is 11.9 Å². The first kappa shape index (κ1) is 10.0. The van der Waals surface area contributed by atoms with Gasteiger partial charge in [-0.25, -0.2) is 0 Å². The van der Waals surface area contributed by atoms with Gasteiger partial charge < -0.3 is 9.73 Å². The SMILES string of the molecule is ClC1=CCNc2c1oc1cc3ccccc3cc21. The molecule has 1 aliphatic heterocycles. The molecule has 3 aromatic rings. The van der Waals surface area contributed by atoms with E-state index in [9.17, 15) is 0 Å². The lowest BCUT2D eigenvalue weighted by molar-refractivity contribution is 0.603. The average Bonchev–Trinajstić information content (AvgIpc) is 2.76. The molecule has 0 saturated heterocycles. The molecule has 2 heterocycles. The summed E-state index contributed by atoms with van der Waals surface area (Å²) in [5.41, 5.74) is 1.88. The van der Waals surface area contributed by atoms with Crippen LogP contribution in [0.1, 0.15) is 5.76 Å². The fourth-order valence-corrected chi connectivity index (χ4v) is 2.67. The molecular formula is C15H10ClNO. The number of furan rings is 1. The molecule has 1 N–H and O–H groups in total. The van der Waals surface area contributed by atoms with Crippen molar-refractivity contribution in [3.8, 4) is 0 Å². The molecule has 0 fully saturated rings. The lowest BCUT2D eigenvalue weighted by atomic mass is 10.1. The van der Waals surface area contributed by atoms with Gasteiger partial charge in [0.25, 0.3) is 0 Å². The van der Waals surface area contributed by atoms with Crippen LogP contribution in [0.3, 0.4) is 0 Å². The second-order valence-electron chi connectivity index (χ2n) is 4.43. The Labute approximate surface area is 109 Å². The summed E-state index contributed by atoms with van der Waals surface area (Å²) >= 11 is 6.18. The Morgan fingerprint density at radius 1 is 1.11 bits per heavy atom. The Bertz CT molecular complexity index is 801. The fourth-order valence-electron chi connectivity index (χ4n) is 2.46. The van der Waals surface area contributed by atoms with Crippen molar-refractivity contribution >= 4 is 44.1 Å². The van der Waals surface area contributed by atoms with Crippen LogP contribution in [0.2, 0.25) is 0 Å². The molecule has 0 atom stereocenters. The van der Waals surface area contributed by atoms with Crippen LogP contribution in [0.15, 0.2) is 46.9 Å². The van der Waals surface area contributed by atoms with Gasteiger partial charge in [0.2, 0.25) is 0 Å². The molecule has 0 spiro atoms. The van der Waals surface area contributed by atoms with Crippen LogP contribution in [0.25, 0.3) is 26.8 Å². The fraction of sp³-hybridized carbons (Fsp3) is 0.0667. The van der Waals surface area contributed by atoms with E-state index in [0.29, 0.717) is 5.03 Å². The van der Waals surface area contributed by atoms with Crippen LogP contribution in [-0.4, -0.2) is 6.54 Å². The molecule has 1 aliphatic rings. The summed E-state index contributed by atoms with van der Waals surface area (Å²) in [6.45, 7) is 0.743. The van der Waals surface area contributed by atoms with E-state index in [1.54, 1.807) is 0 Å². The van der Waals surface area contributed by atoms with Crippen molar-refractivity contribution in [1.82, 2.24) is 0 Å². The highest BCUT2D eigenvalue weighted by Crippen LogP contribution is 2.40. The molecule has 3 heteroatoms. The van der Waals surface area contributed by atoms with Crippen LogP contribution in [0.4, 0.5) is 5.69 Å². The summed E-state index contributed by atoms with van der Waals surface area (Å²) in [5.74, 6) is 0.744. The maximum Gasteiger partial charge on any atom is 0.169 e. The minimum absolute atomic E-state index is 0.684. The smallest absolute Gasteiger partial charge is 0.169 e. The van der Waals surface area contributed by atoms with Gasteiger partial charge in [-0.1, -0.05) is 35.9 Å². The maximum atomic E-state index is 6.18. The molecule has 0 saturated carbocycles. The largest absolute Gasteiger partial charge is 0.453 e. The van der Waals surface area contributed by atoms with Crippen LogP contribution in [-0.2, 0) is 0 Å². The molecule has 0 radical (unpaired) electrons. The number of hydrogen-bond acceptors (Lipinski definition) is 2. The Morgan fingerprint density at radius 3 is 2.72 bits per heavy atom. The Morgan fingerprint density at radius 2 is 1.89 bits per heavy atom. The zero-order valence-electron chi connectivity index (χ0n) is 9.53. The third-order valence-corrected chi connectivity index (χ3v) is 3.66. The van der Waals surface area contributed by atoms with Gasteiger partial charge >= 0.3 is 0 Å². The number of benzene rings is 2. The molecule has 88 valence electrons. The quantitative estimate of drug-likeness (QED) is 0.635. The molecular weight excluding hydrogens is 246 g/mol. The molecule has 2 aromatic carbocycles. The Kier molecular flexibility index (Phi) is 1.97. The van der Waals surface area contributed by atoms with E-state index in [0.717, 1.165) is 29.0 Å². The minimum Gasteiger partial charge on any atom is -0.453 e. The van der Waals surface area contributed by atoms with Crippen LogP contribution in [0.5, 0.6) is 0 Å². The van der Waals surface area contributed by atoms with E-state index in [4.69, 9.17) is 16.0 Å². The van der Waals surface area contributed by atoms with Crippen LogP contribution in [0, 0.1) is 0 Å². The predicted octanol–water partition coefficient (Wildman–Crippen LogP) is 4.59. The summed E-state index contributed by atoms with van der Waals surface area (Å²) < 4.78 is 5.85. The molecule has 0 bridgehead atoms. The maximum absolute atomic E-state index is 6.18. The number of hydrogen-bond donors (Lipinski definition) is 1. The molecule has 1 aromatic heterocycles. The topological polar surface area (TPSA) is 25.2 Å². The number of rotatable bonds is 0. The van der Waals surface area contributed by atoms with Crippen molar-refractivity contribution in [3.63, 3.8) is 0 Å². The lowest BCUT2D eigenvalue weighted by Crippen LogP contribution is -2.03. The molecule has 0 amide bonds. The third-order valence-electron chi connectivity index (χ3n) is 3.33. The highest BCUT2D eigenvalue weighted by Gasteiger charge is 2.19. The number of nitrogens with one attached hydrogen (secondary N) is 1. The number of anilines is 1. The second kappa shape index (κ2) is 3.53. The standard InChI is InChI=1S/C15H10ClNO/c16-12-5-6-17-14-11-7-9-3-1-2-4-10(9)8-13(11)18-15(12)14/h1-5,7-8,17H,6H2. The van der Waals surface area contributed by atoms with Crippen molar-refractivity contribution in [2.45, 2.75) is 0 Å². The first-order valence-electron chi connectivity index (χ1n) is 5.88. The van der Waals surface area contributed by atoms with E-state index in [1.165, 1.54) is 10.8 Å². The summed E-state index contributed by atoms with van der Waals surface area (Å²) in [5, 5.41) is 7.49. The molecule has 0 aliphatic carbocycles. The Balaban J connectivity index is 2.14. The first-order chi connectivity index (χ1) is 8.83. The van der Waals surface area contributed by atoms with Crippen molar-refractivity contribution in [3.05, 3.63) is 48.2 Å². The number of fused-ring (bicyclic) bond motifs is 4. The van der Waals surface area contributed by atoms with E-state index in [-0.39, 0.29) is 0 Å². The molecule has 2 nitrogen and oxygen atoms in total. The highest BCUT2D eigenvalue weighted by atomic mass is 35.5. The summed E-state index contributed by atoms with van der Waals surface area (Å²) in [6.07, 6.45) is 1.92. The van der Waals surface area contributed by atoms with E-state index < -0.39 is 0 Å². The van der Waals surface area contributed by atoms with E-state index in [2.05, 4.69) is 29.6 Å². The molecule has 18 heavy (non-hydrogen) atoms. The second-order valence-corrected chi connectivity index (χ2v) is 4.84. The van der Waals surface area contributed by atoms with E-state index in [1.807, 2.05) is 18.2 Å². The zero-order valence-corrected chi connectivity index (χ0v) is 10.3. The minimum atomic E-state index is 0.684. The normalized spacial score (nSPS) is 14.4. The van der Waals surface area contributed by atoms with Crippen molar-refractivity contribution in [1.29, 1.82) is 0 Å². The van der Waals surface area contributed by atoms with Crippen molar-refractivity contribution < 1.29 is 4.42 Å². The zero-order chi connectivity index (χ0) is 12.1. The predicted molar refractivity (Wildman–Crippen MR) is 76.0 cm³/mol. The van der Waals surface area contributed by atoms with Crippen LogP contribution >= 0.6 is 11.6 Å². The van der Waals surface area contributed by atoms with Gasteiger partial charge in [0.05, 0.1) is 10.7 Å². The molecule has 0 unspecified atom stereocenters. The number of halogens is 1. The highest BCUT2D eigenvalue weighted by molar-refractivity contribution is 6.49. The molecule has 4 rings (SSSR count). The average molecular weight is 256 g/mol. The summed E-state index contributed by atoms with van der Waals surface area (Å²) in [7, 11) is 0. The van der Waals surface area contributed by atoms with Gasteiger partial charge in [0.1, 0.15) is 5.58 Å². The van der Waals surface area contributed by atoms with Gasteiger partial charge in [-0.2, -0.15) is 0 Å². The Hall–Kier alpha value is -1.93. The first-order valence-corrected chi connectivity index (χ1v) is 6.26. The third kappa shape index (κ3) is 1.30. The van der Waals surface area contributed by atoms with Crippen molar-refractivity contribution in [2.75, 3.05) is 11.9 Å².